The van der Waals surface area contributed by atoms with Gasteiger partial charge in [-0.25, -0.2) is 0 Å². The van der Waals surface area contributed by atoms with Crippen molar-refractivity contribution in [2.45, 2.75) is 13.2 Å². The van der Waals surface area contributed by atoms with Crippen LogP contribution in [0.2, 0.25) is 0 Å². The van der Waals surface area contributed by atoms with Gasteiger partial charge in [0.1, 0.15) is 0 Å². The third-order valence-corrected chi connectivity index (χ3v) is 2.75. The van der Waals surface area contributed by atoms with Crippen LogP contribution in [0.25, 0.3) is 10.9 Å². The number of aromatic nitrogens is 1. The molecule has 1 heterocycles. The predicted octanol–water partition coefficient (Wildman–Crippen LogP) is 1.78. The third-order valence-electron chi connectivity index (χ3n) is 2.75. The van der Waals surface area contributed by atoms with Gasteiger partial charge in [-0.1, -0.05) is 18.2 Å². The van der Waals surface area contributed by atoms with Crippen molar-refractivity contribution in [2.24, 2.45) is 12.8 Å². The summed E-state index contributed by atoms with van der Waals surface area (Å²) in [4.78, 5) is 0. The summed E-state index contributed by atoms with van der Waals surface area (Å²) in [6.45, 7) is 1.21. The molecule has 15 heavy (non-hydrogen) atoms. The van der Waals surface area contributed by atoms with Crippen LogP contribution in [0, 0.1) is 0 Å². The van der Waals surface area contributed by atoms with E-state index in [0.717, 1.165) is 0 Å². The maximum atomic E-state index is 5.72. The number of methoxy groups -OCH3 is 1. The molecule has 2 rings (SSSR count). The lowest BCUT2D eigenvalue weighted by Crippen LogP contribution is -2.02. The van der Waals surface area contributed by atoms with E-state index in [0.29, 0.717) is 13.2 Å². The number of ether oxygens (including phenoxy) is 1. The molecule has 0 spiro atoms. The summed E-state index contributed by atoms with van der Waals surface area (Å²) >= 11 is 0. The number of rotatable bonds is 3. The third kappa shape index (κ3) is 1.64. The fraction of sp³-hybridized carbons (Fsp3) is 0.333. The lowest BCUT2D eigenvalue weighted by Gasteiger charge is -2.05. The van der Waals surface area contributed by atoms with Gasteiger partial charge in [-0.3, -0.25) is 0 Å². The Morgan fingerprint density at radius 2 is 2.20 bits per heavy atom. The zero-order chi connectivity index (χ0) is 10.8. The quantitative estimate of drug-likeness (QED) is 0.828. The lowest BCUT2D eigenvalue weighted by atomic mass is 10.1. The normalized spacial score (nSPS) is 11.1. The van der Waals surface area contributed by atoms with Crippen LogP contribution in [0.15, 0.2) is 24.3 Å². The second kappa shape index (κ2) is 4.04. The van der Waals surface area contributed by atoms with Crippen molar-refractivity contribution in [3.63, 3.8) is 0 Å². The molecule has 0 aliphatic heterocycles. The summed E-state index contributed by atoms with van der Waals surface area (Å²) in [5, 5.41) is 1.23. The monoisotopic (exact) mass is 204 g/mol. The van der Waals surface area contributed by atoms with Gasteiger partial charge < -0.3 is 15.0 Å². The molecule has 0 bridgehead atoms. The summed E-state index contributed by atoms with van der Waals surface area (Å²) in [7, 11) is 3.76. The Kier molecular flexibility index (Phi) is 2.75. The Bertz CT molecular complexity index is 474. The second-order valence-corrected chi connectivity index (χ2v) is 3.69. The van der Waals surface area contributed by atoms with Gasteiger partial charge >= 0.3 is 0 Å². The first-order valence-corrected chi connectivity index (χ1v) is 5.03. The van der Waals surface area contributed by atoms with Crippen molar-refractivity contribution in [3.05, 3.63) is 35.5 Å². The van der Waals surface area contributed by atoms with E-state index >= 15 is 0 Å². The van der Waals surface area contributed by atoms with Crippen molar-refractivity contribution in [3.8, 4) is 0 Å². The van der Waals surface area contributed by atoms with Gasteiger partial charge in [-0.05, 0) is 11.6 Å². The molecule has 3 nitrogen and oxygen atoms in total. The van der Waals surface area contributed by atoms with E-state index in [4.69, 9.17) is 10.5 Å². The first kappa shape index (κ1) is 10.2. The maximum absolute atomic E-state index is 5.72. The first-order chi connectivity index (χ1) is 7.27. The molecule has 1 aromatic carbocycles. The Morgan fingerprint density at radius 1 is 1.40 bits per heavy atom. The zero-order valence-electron chi connectivity index (χ0n) is 9.16. The molecule has 0 atom stereocenters. The zero-order valence-corrected chi connectivity index (χ0v) is 9.16. The van der Waals surface area contributed by atoms with E-state index in [2.05, 4.69) is 29.8 Å². The van der Waals surface area contributed by atoms with Gasteiger partial charge in [0, 0.05) is 31.8 Å². The molecule has 2 N–H and O–H groups in total. The number of nitrogens with two attached hydrogens (primary N) is 1. The molecule has 0 radical (unpaired) electrons. The topological polar surface area (TPSA) is 40.2 Å². The van der Waals surface area contributed by atoms with Gasteiger partial charge in [0.15, 0.2) is 0 Å². The SMILES string of the molecule is COCc1cc2cccc(CN)c2n1C. The van der Waals surface area contributed by atoms with Crippen LogP contribution < -0.4 is 5.73 Å². The summed E-state index contributed by atoms with van der Waals surface area (Å²) in [6.07, 6.45) is 0. The minimum absolute atomic E-state index is 0.571. The van der Waals surface area contributed by atoms with Crippen LogP contribution in [0.1, 0.15) is 11.3 Å². The van der Waals surface area contributed by atoms with E-state index in [1.54, 1.807) is 7.11 Å². The smallest absolute Gasteiger partial charge is 0.0864 e. The maximum Gasteiger partial charge on any atom is 0.0864 e. The molecular weight excluding hydrogens is 188 g/mol. The van der Waals surface area contributed by atoms with Crippen molar-refractivity contribution in [2.75, 3.05) is 7.11 Å². The highest BCUT2D eigenvalue weighted by molar-refractivity contribution is 5.84. The molecule has 0 aliphatic carbocycles. The molecular formula is C12H16N2O. The summed E-state index contributed by atoms with van der Waals surface area (Å²) in [5.41, 5.74) is 9.29. The standard InChI is InChI=1S/C12H16N2O/c1-14-11(8-15-2)6-9-4-3-5-10(7-13)12(9)14/h3-6H,7-8,13H2,1-2H3. The summed E-state index contributed by atoms with van der Waals surface area (Å²) in [5.74, 6) is 0. The van der Waals surface area contributed by atoms with Gasteiger partial charge in [-0.2, -0.15) is 0 Å². The van der Waals surface area contributed by atoms with Crippen LogP contribution >= 0.6 is 0 Å². The minimum Gasteiger partial charge on any atom is -0.378 e. The molecule has 0 saturated heterocycles. The fourth-order valence-electron chi connectivity index (χ4n) is 2.01. The minimum atomic E-state index is 0.571. The largest absolute Gasteiger partial charge is 0.378 e. The van der Waals surface area contributed by atoms with Crippen LogP contribution in [0.5, 0.6) is 0 Å². The molecule has 3 heteroatoms. The average molecular weight is 204 g/mol. The molecule has 0 saturated carbocycles. The first-order valence-electron chi connectivity index (χ1n) is 5.03. The van der Waals surface area contributed by atoms with Gasteiger partial charge in [0.25, 0.3) is 0 Å². The lowest BCUT2D eigenvalue weighted by molar-refractivity contribution is 0.179. The van der Waals surface area contributed by atoms with E-state index in [1.807, 2.05) is 6.07 Å². The number of nitrogens with zero attached hydrogens (tertiary/aromatic N) is 1. The molecule has 80 valence electrons. The number of fused-ring (bicyclic) bond motifs is 1. The predicted molar refractivity (Wildman–Crippen MR) is 61.5 cm³/mol. The second-order valence-electron chi connectivity index (χ2n) is 3.69. The Labute approximate surface area is 89.4 Å². The number of hydrogen-bond donors (Lipinski definition) is 1. The van der Waals surface area contributed by atoms with Crippen LogP contribution in [-0.4, -0.2) is 11.7 Å². The Morgan fingerprint density at radius 3 is 2.87 bits per heavy atom. The van der Waals surface area contributed by atoms with Crippen molar-refractivity contribution < 1.29 is 4.74 Å². The highest BCUT2D eigenvalue weighted by Gasteiger charge is 2.08. The molecule has 0 aliphatic rings. The molecule has 0 fully saturated rings. The van der Waals surface area contributed by atoms with Crippen molar-refractivity contribution in [1.29, 1.82) is 0 Å². The summed E-state index contributed by atoms with van der Waals surface area (Å²) in [6, 6.07) is 8.37. The van der Waals surface area contributed by atoms with Gasteiger partial charge in [-0.15, -0.1) is 0 Å². The molecule has 1 aromatic heterocycles. The van der Waals surface area contributed by atoms with Crippen LogP contribution in [-0.2, 0) is 24.9 Å². The fourth-order valence-corrected chi connectivity index (χ4v) is 2.01. The van der Waals surface area contributed by atoms with E-state index < -0.39 is 0 Å². The molecule has 0 unspecified atom stereocenters. The van der Waals surface area contributed by atoms with Gasteiger partial charge in [0.05, 0.1) is 12.1 Å². The Hall–Kier alpha value is -1.32. The number of hydrogen-bond acceptors (Lipinski definition) is 2. The molecule has 2 aromatic rings. The van der Waals surface area contributed by atoms with Crippen molar-refractivity contribution >= 4 is 10.9 Å². The van der Waals surface area contributed by atoms with Crippen LogP contribution in [0.3, 0.4) is 0 Å². The highest BCUT2D eigenvalue weighted by atomic mass is 16.5. The van der Waals surface area contributed by atoms with E-state index in [-0.39, 0.29) is 0 Å². The Balaban J connectivity index is 2.65. The van der Waals surface area contributed by atoms with E-state index in [1.165, 1.54) is 22.2 Å². The summed E-state index contributed by atoms with van der Waals surface area (Å²) < 4.78 is 7.31. The number of benzene rings is 1. The highest BCUT2D eigenvalue weighted by Crippen LogP contribution is 2.22. The van der Waals surface area contributed by atoms with Crippen molar-refractivity contribution in [1.82, 2.24) is 4.57 Å². The average Bonchev–Trinajstić information content (AvgIpc) is 2.57. The van der Waals surface area contributed by atoms with Crippen LogP contribution in [0.4, 0.5) is 0 Å². The van der Waals surface area contributed by atoms with Gasteiger partial charge in [0.2, 0.25) is 0 Å². The number of para-hydroxylation sites is 1. The number of aryl methyl sites for hydroxylation is 1. The van der Waals surface area contributed by atoms with E-state index in [9.17, 15) is 0 Å². The molecule has 0 amide bonds.